The average Bonchev–Trinajstić information content (AvgIpc) is 3.35. The molecule has 0 aromatic carbocycles. The first-order chi connectivity index (χ1) is 13.8. The van der Waals surface area contributed by atoms with Crippen molar-refractivity contribution in [2.45, 2.75) is 38.3 Å². The molecule has 0 bridgehead atoms. The smallest absolute Gasteiger partial charge is 0.326 e. The number of primary amides is 1. The van der Waals surface area contributed by atoms with E-state index in [-0.39, 0.29) is 34.1 Å². The minimum Gasteiger partial charge on any atom is -0.412 e. The summed E-state index contributed by atoms with van der Waals surface area (Å²) >= 11 is 0. The number of carbonyl (C=O) groups is 3. The van der Waals surface area contributed by atoms with Gasteiger partial charge in [0.1, 0.15) is 17.8 Å². The minimum absolute atomic E-state index is 0. The Labute approximate surface area is 180 Å². The van der Waals surface area contributed by atoms with E-state index in [2.05, 4.69) is 20.3 Å². The van der Waals surface area contributed by atoms with E-state index in [1.807, 2.05) is 4.98 Å². The van der Waals surface area contributed by atoms with Crippen LogP contribution >= 0.6 is 0 Å². The van der Waals surface area contributed by atoms with Gasteiger partial charge in [0.2, 0.25) is 11.8 Å². The summed E-state index contributed by atoms with van der Waals surface area (Å²) < 4.78 is 0. The van der Waals surface area contributed by atoms with Crippen molar-refractivity contribution in [2.24, 2.45) is 5.73 Å². The van der Waals surface area contributed by atoms with Gasteiger partial charge in [0.25, 0.3) is 11.5 Å². The van der Waals surface area contributed by atoms with Crippen LogP contribution in [-0.2, 0) is 16.0 Å². The van der Waals surface area contributed by atoms with E-state index in [9.17, 15) is 24.0 Å². The van der Waals surface area contributed by atoms with Crippen molar-refractivity contribution >= 4 is 17.7 Å². The number of aromatic nitrogens is 4. The number of aromatic amines is 3. The second-order valence-corrected chi connectivity index (χ2v) is 6.79. The zero-order chi connectivity index (χ0) is 21.1. The molecular weight excluding hydrogens is 430 g/mol. The first-order valence-corrected chi connectivity index (χ1v) is 8.99. The second kappa shape index (κ2) is 11.5. The highest BCUT2D eigenvalue weighted by Gasteiger charge is 2.37. The summed E-state index contributed by atoms with van der Waals surface area (Å²) in [5.41, 5.74) is 4.12. The maximum atomic E-state index is 13.1. The Balaban J connectivity index is 0.00000320. The van der Waals surface area contributed by atoms with Gasteiger partial charge in [0, 0.05) is 24.7 Å². The molecule has 0 radical (unpaired) electrons. The Hall–Kier alpha value is -3.82. The number of nitrogens with zero attached hydrogens (tertiary/aromatic N) is 2. The molecule has 1 saturated heterocycles. The third-order valence-corrected chi connectivity index (χ3v) is 4.84. The minimum atomic E-state index is -1.08. The Morgan fingerprint density at radius 3 is 2.53 bits per heavy atom. The molecule has 1 aliphatic rings. The van der Waals surface area contributed by atoms with Crippen LogP contribution in [0, 0.1) is 6.92 Å². The number of nitrogens with one attached hydrogen (secondary N) is 4. The lowest BCUT2D eigenvalue weighted by molar-refractivity contribution is -0.138. The molecule has 2 aromatic heterocycles. The highest BCUT2D eigenvalue weighted by molar-refractivity contribution is 5.98. The fourth-order valence-electron chi connectivity index (χ4n) is 3.34. The van der Waals surface area contributed by atoms with Crippen LogP contribution in [0.2, 0.25) is 0 Å². The number of imidazole rings is 1. The quantitative estimate of drug-likeness (QED) is 0.284. The van der Waals surface area contributed by atoms with Crippen molar-refractivity contribution in [3.05, 3.63) is 50.3 Å². The lowest BCUT2D eigenvalue weighted by Crippen LogP contribution is -2.54. The van der Waals surface area contributed by atoms with Gasteiger partial charge in [-0.2, -0.15) is 0 Å². The standard InChI is InChI=1S/C17H21N7O5.3H2O/c1-8-12(22-17(29)23-14(8)26)15(27)21-10(5-9-6-19-7-20-9)16(28)24-4-2-3-11(24)13(18)25;;;/h6-7,10-11H,2-5H2,1H3,(H2,18,25)(H,19,20)(H,21,27)(H2,22,23,26,29);3*1H2/t10-,11-;;;/m0.../s1. The van der Waals surface area contributed by atoms with Gasteiger partial charge in [-0.1, -0.05) is 0 Å². The number of nitrogens with two attached hydrogens (primary N) is 1. The second-order valence-electron chi connectivity index (χ2n) is 6.79. The predicted molar refractivity (Wildman–Crippen MR) is 111 cm³/mol. The van der Waals surface area contributed by atoms with Gasteiger partial charge in [-0.05, 0) is 19.8 Å². The summed E-state index contributed by atoms with van der Waals surface area (Å²) in [6.07, 6.45) is 4.11. The number of H-pyrrole nitrogens is 3. The molecule has 12 N–H and O–H groups in total. The lowest BCUT2D eigenvalue weighted by Gasteiger charge is -2.27. The van der Waals surface area contributed by atoms with Crippen LogP contribution in [0.15, 0.2) is 22.1 Å². The predicted octanol–water partition coefficient (Wildman–Crippen LogP) is -4.56. The maximum Gasteiger partial charge on any atom is 0.326 e. The molecule has 2 atom stereocenters. The summed E-state index contributed by atoms with van der Waals surface area (Å²) in [4.78, 5) is 73.3. The van der Waals surface area contributed by atoms with Gasteiger partial charge < -0.3 is 42.3 Å². The van der Waals surface area contributed by atoms with Crippen LogP contribution in [0.4, 0.5) is 0 Å². The topological polar surface area (TPSA) is 281 Å². The molecule has 32 heavy (non-hydrogen) atoms. The molecule has 0 aliphatic carbocycles. The van der Waals surface area contributed by atoms with Crippen molar-refractivity contribution in [1.29, 1.82) is 0 Å². The van der Waals surface area contributed by atoms with Crippen molar-refractivity contribution in [3.8, 4) is 0 Å². The molecular formula is C17H27N7O8. The Morgan fingerprint density at radius 2 is 1.94 bits per heavy atom. The van der Waals surface area contributed by atoms with Gasteiger partial charge in [-0.3, -0.25) is 24.2 Å². The van der Waals surface area contributed by atoms with Crippen LogP contribution in [0.25, 0.3) is 0 Å². The van der Waals surface area contributed by atoms with Crippen LogP contribution in [-0.4, -0.2) is 77.6 Å². The molecule has 0 unspecified atom stereocenters. The molecule has 15 nitrogen and oxygen atoms in total. The SMILES string of the molecule is Cc1c(C(=O)N[C@@H](Cc2c[nH]cn2)C(=O)N2CCC[C@H]2C(N)=O)[nH]c(=O)[nH]c1=O.O.O.O. The summed E-state index contributed by atoms with van der Waals surface area (Å²) in [5, 5.41) is 2.54. The number of hydrogen-bond acceptors (Lipinski definition) is 6. The summed E-state index contributed by atoms with van der Waals surface area (Å²) in [5.74, 6) is -1.91. The highest BCUT2D eigenvalue weighted by atomic mass is 16.2. The van der Waals surface area contributed by atoms with Crippen LogP contribution < -0.4 is 22.3 Å². The lowest BCUT2D eigenvalue weighted by atomic mass is 10.1. The van der Waals surface area contributed by atoms with Gasteiger partial charge >= 0.3 is 5.69 Å². The van der Waals surface area contributed by atoms with E-state index in [0.29, 0.717) is 25.1 Å². The molecule has 3 amide bonds. The first-order valence-electron chi connectivity index (χ1n) is 8.99. The molecule has 3 rings (SSSR count). The molecule has 0 saturated carbocycles. The normalized spacial score (nSPS) is 15.5. The Kier molecular flexibility index (Phi) is 10.2. The zero-order valence-electron chi connectivity index (χ0n) is 17.2. The zero-order valence-corrected chi connectivity index (χ0v) is 17.2. The van der Waals surface area contributed by atoms with E-state index in [4.69, 9.17) is 5.73 Å². The van der Waals surface area contributed by atoms with Crippen molar-refractivity contribution in [1.82, 2.24) is 30.2 Å². The number of likely N-dealkylation sites (tertiary alicyclic amines) is 1. The average molecular weight is 457 g/mol. The molecule has 0 spiro atoms. The molecule has 1 aliphatic heterocycles. The van der Waals surface area contributed by atoms with Gasteiger partial charge in [0.15, 0.2) is 0 Å². The van der Waals surface area contributed by atoms with E-state index < -0.39 is 41.1 Å². The number of hydrogen-bond donors (Lipinski definition) is 5. The third-order valence-electron chi connectivity index (χ3n) is 4.84. The number of rotatable bonds is 6. The Morgan fingerprint density at radius 1 is 1.25 bits per heavy atom. The van der Waals surface area contributed by atoms with E-state index in [1.165, 1.54) is 18.2 Å². The monoisotopic (exact) mass is 457 g/mol. The van der Waals surface area contributed by atoms with Crippen LogP contribution in [0.5, 0.6) is 0 Å². The maximum absolute atomic E-state index is 13.1. The van der Waals surface area contributed by atoms with Crippen molar-refractivity contribution in [3.63, 3.8) is 0 Å². The number of amides is 3. The molecule has 1 fully saturated rings. The Bertz CT molecular complexity index is 1050. The third kappa shape index (κ3) is 5.87. The van der Waals surface area contributed by atoms with Crippen molar-refractivity contribution in [2.75, 3.05) is 6.54 Å². The molecule has 178 valence electrons. The van der Waals surface area contributed by atoms with E-state index >= 15 is 0 Å². The van der Waals surface area contributed by atoms with Crippen LogP contribution in [0.3, 0.4) is 0 Å². The summed E-state index contributed by atoms with van der Waals surface area (Å²) in [6.45, 7) is 1.71. The van der Waals surface area contributed by atoms with Gasteiger partial charge in [0.05, 0.1) is 12.0 Å². The van der Waals surface area contributed by atoms with E-state index in [1.54, 1.807) is 6.20 Å². The molecule has 15 heteroatoms. The fraction of sp³-hybridized carbons (Fsp3) is 0.412. The highest BCUT2D eigenvalue weighted by Crippen LogP contribution is 2.19. The largest absolute Gasteiger partial charge is 0.412 e. The van der Waals surface area contributed by atoms with Gasteiger partial charge in [-0.15, -0.1) is 0 Å². The number of carbonyl (C=O) groups excluding carboxylic acids is 3. The fourth-order valence-corrected chi connectivity index (χ4v) is 3.34. The molecule has 2 aromatic rings. The van der Waals surface area contributed by atoms with E-state index in [0.717, 1.165) is 0 Å². The summed E-state index contributed by atoms with van der Waals surface area (Å²) in [6, 6.07) is -1.82. The first kappa shape index (κ1) is 28.2. The van der Waals surface area contributed by atoms with Crippen molar-refractivity contribution < 1.29 is 30.8 Å². The summed E-state index contributed by atoms with van der Waals surface area (Å²) in [7, 11) is 0. The van der Waals surface area contributed by atoms with Gasteiger partial charge in [-0.25, -0.2) is 9.78 Å². The molecule has 3 heterocycles. The van der Waals surface area contributed by atoms with Crippen LogP contribution in [0.1, 0.15) is 34.6 Å².